The molecule has 5 nitrogen and oxygen atoms in total. The molecule has 1 heterocycles. The summed E-state index contributed by atoms with van der Waals surface area (Å²) in [6, 6.07) is 0. The SMILES string of the molecule is C=C\C=C/C(=C\C=C/C)n1nc2c(n1)/C(=N/O)CCC2. The van der Waals surface area contributed by atoms with Crippen LogP contribution in [0.1, 0.15) is 31.2 Å². The van der Waals surface area contributed by atoms with Crippen LogP contribution in [0.2, 0.25) is 0 Å². The molecule has 20 heavy (non-hydrogen) atoms. The van der Waals surface area contributed by atoms with E-state index in [0.717, 1.165) is 30.7 Å². The first-order valence-electron chi connectivity index (χ1n) is 6.60. The predicted octanol–water partition coefficient (Wildman–Crippen LogP) is 2.95. The molecule has 1 aromatic heterocycles. The Morgan fingerprint density at radius 3 is 2.90 bits per heavy atom. The van der Waals surface area contributed by atoms with Gasteiger partial charge in [0.05, 0.1) is 11.4 Å². The number of rotatable bonds is 4. The Hall–Kier alpha value is -2.43. The van der Waals surface area contributed by atoms with Crippen molar-refractivity contribution in [1.82, 2.24) is 15.0 Å². The van der Waals surface area contributed by atoms with E-state index < -0.39 is 0 Å². The third kappa shape index (κ3) is 2.93. The summed E-state index contributed by atoms with van der Waals surface area (Å²) in [4.78, 5) is 1.57. The molecule has 0 bridgehead atoms. The van der Waals surface area contributed by atoms with Gasteiger partial charge in [-0.05, 0) is 38.3 Å². The zero-order valence-corrected chi connectivity index (χ0v) is 11.5. The van der Waals surface area contributed by atoms with E-state index in [2.05, 4.69) is 21.9 Å². The number of oxime groups is 1. The lowest BCUT2D eigenvalue weighted by Gasteiger charge is -2.07. The highest BCUT2D eigenvalue weighted by atomic mass is 16.4. The van der Waals surface area contributed by atoms with Gasteiger partial charge in [-0.1, -0.05) is 36.0 Å². The summed E-state index contributed by atoms with van der Waals surface area (Å²) in [5.41, 5.74) is 3.00. The minimum Gasteiger partial charge on any atom is -0.411 e. The minimum atomic E-state index is 0.607. The van der Waals surface area contributed by atoms with Crippen molar-refractivity contribution in [2.24, 2.45) is 5.16 Å². The van der Waals surface area contributed by atoms with Gasteiger partial charge in [0.2, 0.25) is 0 Å². The molecule has 1 aromatic rings. The second kappa shape index (κ2) is 6.65. The molecule has 1 aliphatic rings. The van der Waals surface area contributed by atoms with Gasteiger partial charge in [-0.3, -0.25) is 0 Å². The maximum atomic E-state index is 9.03. The van der Waals surface area contributed by atoms with Gasteiger partial charge in [-0.2, -0.15) is 9.90 Å². The fourth-order valence-corrected chi connectivity index (χ4v) is 2.03. The number of hydrogen-bond acceptors (Lipinski definition) is 4. The van der Waals surface area contributed by atoms with E-state index in [0.29, 0.717) is 11.4 Å². The lowest BCUT2D eigenvalue weighted by atomic mass is 9.99. The van der Waals surface area contributed by atoms with Crippen molar-refractivity contribution in [2.45, 2.75) is 26.2 Å². The van der Waals surface area contributed by atoms with Crippen LogP contribution >= 0.6 is 0 Å². The van der Waals surface area contributed by atoms with Gasteiger partial charge in [0.1, 0.15) is 11.4 Å². The van der Waals surface area contributed by atoms with E-state index in [1.54, 1.807) is 10.9 Å². The monoisotopic (exact) mass is 270 g/mol. The van der Waals surface area contributed by atoms with Crippen molar-refractivity contribution in [2.75, 3.05) is 0 Å². The summed E-state index contributed by atoms with van der Waals surface area (Å²) in [5, 5.41) is 21.3. The van der Waals surface area contributed by atoms with Crippen LogP contribution in [0.15, 0.2) is 48.2 Å². The Kier molecular flexibility index (Phi) is 4.65. The van der Waals surface area contributed by atoms with E-state index >= 15 is 0 Å². The molecule has 0 saturated heterocycles. The van der Waals surface area contributed by atoms with Crippen LogP contribution < -0.4 is 0 Å². The molecule has 1 N–H and O–H groups in total. The summed E-state index contributed by atoms with van der Waals surface area (Å²) in [6.45, 7) is 5.61. The Labute approximate surface area is 118 Å². The van der Waals surface area contributed by atoms with E-state index in [-0.39, 0.29) is 0 Å². The molecule has 0 radical (unpaired) electrons. The summed E-state index contributed by atoms with van der Waals surface area (Å²) < 4.78 is 0. The first-order chi connectivity index (χ1) is 9.80. The number of hydrogen-bond donors (Lipinski definition) is 1. The Morgan fingerprint density at radius 1 is 1.35 bits per heavy atom. The van der Waals surface area contributed by atoms with Gasteiger partial charge < -0.3 is 5.21 Å². The smallest absolute Gasteiger partial charge is 0.134 e. The lowest BCUT2D eigenvalue weighted by molar-refractivity contribution is 0.317. The van der Waals surface area contributed by atoms with Gasteiger partial charge >= 0.3 is 0 Å². The summed E-state index contributed by atoms with van der Waals surface area (Å²) >= 11 is 0. The van der Waals surface area contributed by atoms with Gasteiger partial charge in [0.25, 0.3) is 0 Å². The van der Waals surface area contributed by atoms with Crippen molar-refractivity contribution in [1.29, 1.82) is 0 Å². The van der Waals surface area contributed by atoms with Gasteiger partial charge in [-0.25, -0.2) is 0 Å². The molecule has 0 aromatic carbocycles. The van der Waals surface area contributed by atoms with Crippen molar-refractivity contribution in [3.8, 4) is 0 Å². The Morgan fingerprint density at radius 2 is 2.20 bits per heavy atom. The highest BCUT2D eigenvalue weighted by Crippen LogP contribution is 2.19. The lowest BCUT2D eigenvalue weighted by Crippen LogP contribution is -2.11. The molecule has 0 spiro atoms. The molecule has 0 saturated carbocycles. The minimum absolute atomic E-state index is 0.607. The summed E-state index contributed by atoms with van der Waals surface area (Å²) in [5.74, 6) is 0. The molecule has 0 fully saturated rings. The largest absolute Gasteiger partial charge is 0.411 e. The van der Waals surface area contributed by atoms with Crippen LogP contribution in [0.4, 0.5) is 0 Å². The first-order valence-corrected chi connectivity index (χ1v) is 6.60. The quantitative estimate of drug-likeness (QED) is 0.520. The van der Waals surface area contributed by atoms with Crippen molar-refractivity contribution >= 4 is 11.4 Å². The van der Waals surface area contributed by atoms with E-state index in [1.807, 2.05) is 37.3 Å². The number of allylic oxidation sites excluding steroid dienone is 7. The molecule has 2 rings (SSSR count). The molecule has 0 amide bonds. The second-order valence-corrected chi connectivity index (χ2v) is 4.40. The molecule has 1 aliphatic carbocycles. The molecule has 0 unspecified atom stereocenters. The number of nitrogens with zero attached hydrogens (tertiary/aromatic N) is 4. The van der Waals surface area contributed by atoms with Gasteiger partial charge in [0, 0.05) is 0 Å². The Balaban J connectivity index is 2.43. The van der Waals surface area contributed by atoms with Crippen molar-refractivity contribution in [3.63, 3.8) is 0 Å². The van der Waals surface area contributed by atoms with Crippen molar-refractivity contribution in [3.05, 3.63) is 54.4 Å². The molecule has 0 atom stereocenters. The van der Waals surface area contributed by atoms with Crippen LogP contribution in [0.3, 0.4) is 0 Å². The summed E-state index contributed by atoms with van der Waals surface area (Å²) in [6.07, 6.45) is 13.7. The van der Waals surface area contributed by atoms with Crippen LogP contribution in [-0.2, 0) is 6.42 Å². The van der Waals surface area contributed by atoms with Crippen LogP contribution in [-0.4, -0.2) is 25.9 Å². The molecular weight excluding hydrogens is 252 g/mol. The number of aromatic nitrogens is 3. The average molecular weight is 270 g/mol. The number of fused-ring (bicyclic) bond motifs is 1. The third-order valence-electron chi connectivity index (χ3n) is 3.00. The highest BCUT2D eigenvalue weighted by Gasteiger charge is 2.22. The number of aryl methyl sites for hydroxylation is 1. The molecule has 5 heteroatoms. The van der Waals surface area contributed by atoms with Gasteiger partial charge in [-0.15, -0.1) is 5.10 Å². The zero-order chi connectivity index (χ0) is 14.4. The average Bonchev–Trinajstić information content (AvgIpc) is 2.91. The van der Waals surface area contributed by atoms with Crippen molar-refractivity contribution < 1.29 is 5.21 Å². The normalized spacial score (nSPS) is 18.1. The highest BCUT2D eigenvalue weighted by molar-refractivity contribution is 6.00. The summed E-state index contributed by atoms with van der Waals surface area (Å²) in [7, 11) is 0. The molecule has 0 aliphatic heterocycles. The Bertz CT molecular complexity index is 605. The van der Waals surface area contributed by atoms with E-state index in [9.17, 15) is 0 Å². The fourth-order valence-electron chi connectivity index (χ4n) is 2.03. The molecular formula is C15H18N4O. The second-order valence-electron chi connectivity index (χ2n) is 4.40. The zero-order valence-electron chi connectivity index (χ0n) is 11.5. The standard InChI is InChI=1S/C15H18N4O/c1-3-5-8-12(9-6-4-2)19-16-13-10-7-11-14(18-20)15(13)17-19/h3-6,8-9,20H,1,7,10-11H2,2H3/b6-4-,8-5-,12-9+,18-14+. The predicted molar refractivity (Wildman–Crippen MR) is 79.7 cm³/mol. The maximum absolute atomic E-state index is 9.03. The maximum Gasteiger partial charge on any atom is 0.134 e. The van der Waals surface area contributed by atoms with Gasteiger partial charge in [0.15, 0.2) is 0 Å². The molecule has 104 valence electrons. The van der Waals surface area contributed by atoms with E-state index in [1.165, 1.54) is 0 Å². The van der Waals surface area contributed by atoms with E-state index in [4.69, 9.17) is 5.21 Å². The van der Waals surface area contributed by atoms with Crippen LogP contribution in [0.25, 0.3) is 5.70 Å². The fraction of sp³-hybridized carbons (Fsp3) is 0.267. The first kappa shape index (κ1) is 14.0. The van der Waals surface area contributed by atoms with Crippen LogP contribution in [0.5, 0.6) is 0 Å². The topological polar surface area (TPSA) is 63.3 Å². The van der Waals surface area contributed by atoms with Crippen LogP contribution in [0, 0.1) is 0 Å². The third-order valence-corrected chi connectivity index (χ3v) is 3.00.